The van der Waals surface area contributed by atoms with E-state index in [0.717, 1.165) is 36.6 Å². The average Bonchev–Trinajstić information content (AvgIpc) is 2.97. The first-order valence-electron chi connectivity index (χ1n) is 9.56. The summed E-state index contributed by atoms with van der Waals surface area (Å²) in [7, 11) is 0. The second-order valence-electron chi connectivity index (χ2n) is 7.92. The Hall–Kier alpha value is -1.55. The van der Waals surface area contributed by atoms with E-state index >= 15 is 0 Å². The Morgan fingerprint density at radius 3 is 2.79 bits per heavy atom. The van der Waals surface area contributed by atoms with Crippen LogP contribution in [0.5, 0.6) is 0 Å². The minimum Gasteiger partial charge on any atom is -0.346 e. The fraction of sp³-hybridized carbons (Fsp3) is 0.632. The number of carbonyl (C=O) groups excluding carboxylic acids is 1. The molecule has 0 bridgehead atoms. The van der Waals surface area contributed by atoms with Crippen molar-refractivity contribution in [2.24, 2.45) is 11.8 Å². The molecule has 1 aliphatic rings. The molecule has 0 saturated heterocycles. The standard InChI is InChI=1S/C19H24F3N3O2S2/c1-10(2)7-25-17(27)15-12-5-4-11(3)6-13(12)29-16(15)24-18(25)28-8-14(26)23-9-19(20,21)22/h10-11H,4-9H2,1-3H3,(H,23,26). The molecule has 1 aliphatic carbocycles. The van der Waals surface area contributed by atoms with Crippen molar-refractivity contribution in [2.45, 2.75) is 57.9 Å². The highest BCUT2D eigenvalue weighted by molar-refractivity contribution is 7.99. The maximum absolute atomic E-state index is 13.3. The Morgan fingerprint density at radius 1 is 1.41 bits per heavy atom. The van der Waals surface area contributed by atoms with Gasteiger partial charge in [-0.05, 0) is 36.7 Å². The van der Waals surface area contributed by atoms with Crippen molar-refractivity contribution >= 4 is 39.2 Å². The third-order valence-electron chi connectivity index (χ3n) is 4.75. The van der Waals surface area contributed by atoms with Gasteiger partial charge in [0.25, 0.3) is 5.56 Å². The van der Waals surface area contributed by atoms with Crippen LogP contribution < -0.4 is 10.9 Å². The topological polar surface area (TPSA) is 64.0 Å². The van der Waals surface area contributed by atoms with Crippen LogP contribution in [-0.2, 0) is 24.2 Å². The minimum atomic E-state index is -4.45. The predicted octanol–water partition coefficient (Wildman–Crippen LogP) is 4.01. The Balaban J connectivity index is 1.91. The molecule has 0 fully saturated rings. The molecule has 3 rings (SSSR count). The lowest BCUT2D eigenvalue weighted by molar-refractivity contribution is -0.136. The van der Waals surface area contributed by atoms with Gasteiger partial charge in [-0.3, -0.25) is 14.2 Å². The average molecular weight is 448 g/mol. The number of hydrogen-bond acceptors (Lipinski definition) is 5. The van der Waals surface area contributed by atoms with Crippen LogP contribution in [0.1, 0.15) is 37.6 Å². The zero-order valence-electron chi connectivity index (χ0n) is 16.6. The van der Waals surface area contributed by atoms with Crippen molar-refractivity contribution in [3.63, 3.8) is 0 Å². The number of thiophene rings is 1. The van der Waals surface area contributed by atoms with Gasteiger partial charge in [-0.1, -0.05) is 32.5 Å². The quantitative estimate of drug-likeness (QED) is 0.537. The number of hydrogen-bond donors (Lipinski definition) is 1. The molecule has 160 valence electrons. The maximum atomic E-state index is 13.3. The normalized spacial score (nSPS) is 17.0. The Labute approximate surface area is 175 Å². The number of nitrogens with one attached hydrogen (secondary N) is 1. The molecule has 0 radical (unpaired) electrons. The molecule has 0 spiro atoms. The first kappa shape index (κ1) is 22.1. The van der Waals surface area contributed by atoms with E-state index in [4.69, 9.17) is 0 Å². The van der Waals surface area contributed by atoms with Gasteiger partial charge in [0.1, 0.15) is 11.4 Å². The molecule has 10 heteroatoms. The molecule has 2 heterocycles. The van der Waals surface area contributed by atoms with E-state index < -0.39 is 18.6 Å². The number of thioether (sulfide) groups is 1. The second-order valence-corrected chi connectivity index (χ2v) is 9.94. The van der Waals surface area contributed by atoms with E-state index in [1.54, 1.807) is 4.57 Å². The van der Waals surface area contributed by atoms with Crippen molar-refractivity contribution in [1.29, 1.82) is 0 Å². The van der Waals surface area contributed by atoms with Crippen LogP contribution >= 0.6 is 23.1 Å². The molecule has 0 aromatic carbocycles. The van der Waals surface area contributed by atoms with Crippen LogP contribution in [-0.4, -0.2) is 33.9 Å². The molecule has 0 saturated carbocycles. The molecule has 1 amide bonds. The van der Waals surface area contributed by atoms with Crippen LogP contribution in [0.15, 0.2) is 9.95 Å². The summed E-state index contributed by atoms with van der Waals surface area (Å²) < 4.78 is 38.4. The lowest BCUT2D eigenvalue weighted by Gasteiger charge is -2.18. The zero-order valence-corrected chi connectivity index (χ0v) is 18.2. The SMILES string of the molecule is CC(C)Cn1c(SCC(=O)NCC(F)(F)F)nc2sc3c(c2c1=O)CCC(C)C3. The molecule has 5 nitrogen and oxygen atoms in total. The van der Waals surface area contributed by atoms with Crippen molar-refractivity contribution < 1.29 is 18.0 Å². The van der Waals surface area contributed by atoms with E-state index in [1.807, 2.05) is 19.2 Å². The van der Waals surface area contributed by atoms with Gasteiger partial charge in [0, 0.05) is 11.4 Å². The highest BCUT2D eigenvalue weighted by Gasteiger charge is 2.28. The van der Waals surface area contributed by atoms with Gasteiger partial charge in [0.15, 0.2) is 5.16 Å². The van der Waals surface area contributed by atoms with Crippen LogP contribution in [0, 0.1) is 11.8 Å². The summed E-state index contributed by atoms with van der Waals surface area (Å²) in [6.45, 7) is 5.22. The fourth-order valence-electron chi connectivity index (χ4n) is 3.42. The van der Waals surface area contributed by atoms with Crippen molar-refractivity contribution in [3.8, 4) is 0 Å². The first-order chi connectivity index (χ1) is 13.5. The Morgan fingerprint density at radius 2 is 2.14 bits per heavy atom. The fourth-order valence-corrected chi connectivity index (χ4v) is 5.68. The number of fused-ring (bicyclic) bond motifs is 3. The summed E-state index contributed by atoms with van der Waals surface area (Å²) in [6, 6.07) is 0. The molecule has 2 aromatic heterocycles. The number of halogens is 3. The largest absolute Gasteiger partial charge is 0.405 e. The highest BCUT2D eigenvalue weighted by Crippen LogP contribution is 2.36. The highest BCUT2D eigenvalue weighted by atomic mass is 32.2. The smallest absolute Gasteiger partial charge is 0.346 e. The van der Waals surface area contributed by atoms with Gasteiger partial charge in [-0.2, -0.15) is 13.2 Å². The van der Waals surface area contributed by atoms with Crippen molar-refractivity contribution in [2.75, 3.05) is 12.3 Å². The molecule has 29 heavy (non-hydrogen) atoms. The Kier molecular flexibility index (Phi) is 6.62. The van der Waals surface area contributed by atoms with Gasteiger partial charge in [0.2, 0.25) is 5.91 Å². The number of amides is 1. The number of aryl methyl sites for hydroxylation is 1. The number of nitrogens with zero attached hydrogens (tertiary/aromatic N) is 2. The second kappa shape index (κ2) is 8.67. The van der Waals surface area contributed by atoms with E-state index in [1.165, 1.54) is 16.2 Å². The Bertz CT molecular complexity index is 966. The first-order valence-corrected chi connectivity index (χ1v) is 11.4. The summed E-state index contributed by atoms with van der Waals surface area (Å²) in [5, 5.41) is 2.90. The summed E-state index contributed by atoms with van der Waals surface area (Å²) in [6.07, 6.45) is -1.62. The van der Waals surface area contributed by atoms with Crippen LogP contribution in [0.25, 0.3) is 10.2 Å². The third-order valence-corrected chi connectivity index (χ3v) is 6.87. The maximum Gasteiger partial charge on any atom is 0.405 e. The summed E-state index contributed by atoms with van der Waals surface area (Å²) >= 11 is 2.52. The van der Waals surface area contributed by atoms with Crippen molar-refractivity contribution in [3.05, 3.63) is 20.8 Å². The van der Waals surface area contributed by atoms with E-state index in [-0.39, 0.29) is 17.2 Å². The van der Waals surface area contributed by atoms with Gasteiger partial charge >= 0.3 is 6.18 Å². The van der Waals surface area contributed by atoms with Gasteiger partial charge in [0.05, 0.1) is 11.1 Å². The van der Waals surface area contributed by atoms with Gasteiger partial charge in [-0.25, -0.2) is 4.98 Å². The lowest BCUT2D eigenvalue weighted by atomic mass is 9.89. The van der Waals surface area contributed by atoms with E-state index in [0.29, 0.717) is 27.8 Å². The number of rotatable bonds is 6. The van der Waals surface area contributed by atoms with Gasteiger partial charge in [-0.15, -0.1) is 11.3 Å². The summed E-state index contributed by atoms with van der Waals surface area (Å²) in [5.41, 5.74) is 0.978. The number of alkyl halides is 3. The molecular formula is C19H24F3N3O2S2. The predicted molar refractivity (Wildman–Crippen MR) is 110 cm³/mol. The van der Waals surface area contributed by atoms with Crippen molar-refractivity contribution in [1.82, 2.24) is 14.9 Å². The zero-order chi connectivity index (χ0) is 21.3. The lowest BCUT2D eigenvalue weighted by Crippen LogP contribution is -2.35. The van der Waals surface area contributed by atoms with E-state index in [9.17, 15) is 22.8 Å². The minimum absolute atomic E-state index is 0.117. The molecule has 2 aromatic rings. The third kappa shape index (κ3) is 5.33. The van der Waals surface area contributed by atoms with Crippen LogP contribution in [0.4, 0.5) is 13.2 Å². The molecule has 1 atom stereocenters. The molecular weight excluding hydrogens is 423 g/mol. The molecule has 0 aliphatic heterocycles. The monoisotopic (exact) mass is 447 g/mol. The molecule has 1 unspecified atom stereocenters. The van der Waals surface area contributed by atoms with Crippen LogP contribution in [0.3, 0.4) is 0 Å². The van der Waals surface area contributed by atoms with Crippen LogP contribution in [0.2, 0.25) is 0 Å². The number of aromatic nitrogens is 2. The molecule has 1 N–H and O–H groups in total. The van der Waals surface area contributed by atoms with E-state index in [2.05, 4.69) is 11.9 Å². The summed E-state index contributed by atoms with van der Waals surface area (Å²) in [5.74, 6) is -0.217. The van der Waals surface area contributed by atoms with Gasteiger partial charge < -0.3 is 5.32 Å². The number of carbonyl (C=O) groups is 1. The summed E-state index contributed by atoms with van der Waals surface area (Å²) in [4.78, 5) is 31.6.